The first-order valence-corrected chi connectivity index (χ1v) is 12.3. The number of rotatable bonds is 7. The molecular formula is C25H23N3O3S2. The Morgan fingerprint density at radius 2 is 1.91 bits per heavy atom. The molecular weight excluding hydrogens is 454 g/mol. The lowest BCUT2D eigenvalue weighted by molar-refractivity contribution is -0.113. The predicted octanol–water partition coefficient (Wildman–Crippen LogP) is 5.96. The van der Waals surface area contributed by atoms with E-state index in [0.29, 0.717) is 11.3 Å². The van der Waals surface area contributed by atoms with E-state index in [9.17, 15) is 9.59 Å². The van der Waals surface area contributed by atoms with Crippen LogP contribution < -0.4 is 5.32 Å². The molecule has 0 atom stereocenters. The summed E-state index contributed by atoms with van der Waals surface area (Å²) in [6.07, 6.45) is 1.32. The van der Waals surface area contributed by atoms with E-state index in [2.05, 4.69) is 51.9 Å². The number of aromatic nitrogens is 2. The number of fused-ring (bicyclic) bond motifs is 1. The quantitative estimate of drug-likeness (QED) is 0.201. The highest BCUT2D eigenvalue weighted by molar-refractivity contribution is 8.00. The number of ether oxygens (including phenoxy) is 1. The average molecular weight is 478 g/mol. The van der Waals surface area contributed by atoms with E-state index in [-0.39, 0.29) is 17.8 Å². The second-order valence-electron chi connectivity index (χ2n) is 7.75. The Morgan fingerprint density at radius 3 is 2.67 bits per heavy atom. The number of aryl methyl sites for hydroxylation is 1. The van der Waals surface area contributed by atoms with Crippen molar-refractivity contribution in [3.05, 3.63) is 71.4 Å². The third-order valence-electron chi connectivity index (χ3n) is 4.76. The Labute approximate surface area is 200 Å². The van der Waals surface area contributed by atoms with Crippen molar-refractivity contribution in [3.8, 4) is 11.1 Å². The van der Waals surface area contributed by atoms with Gasteiger partial charge in [-0.1, -0.05) is 47.7 Å². The maximum absolute atomic E-state index is 12.6. The number of amides is 1. The summed E-state index contributed by atoms with van der Waals surface area (Å²) in [7, 11) is 0. The summed E-state index contributed by atoms with van der Waals surface area (Å²) in [5, 5.41) is 6.65. The van der Waals surface area contributed by atoms with E-state index in [4.69, 9.17) is 4.74 Å². The van der Waals surface area contributed by atoms with Crippen molar-refractivity contribution >= 4 is 50.9 Å². The molecule has 33 heavy (non-hydrogen) atoms. The Hall–Kier alpha value is -3.23. The highest BCUT2D eigenvalue weighted by Gasteiger charge is 2.15. The van der Waals surface area contributed by atoms with Crippen LogP contribution in [0.2, 0.25) is 0 Å². The van der Waals surface area contributed by atoms with Gasteiger partial charge in [-0.15, -0.1) is 11.3 Å². The van der Waals surface area contributed by atoms with Gasteiger partial charge in [0.15, 0.2) is 0 Å². The van der Waals surface area contributed by atoms with Crippen LogP contribution in [0.3, 0.4) is 0 Å². The summed E-state index contributed by atoms with van der Waals surface area (Å²) >= 11 is 2.93. The van der Waals surface area contributed by atoms with E-state index in [1.165, 1.54) is 23.7 Å². The number of thioether (sulfide) groups is 1. The van der Waals surface area contributed by atoms with Crippen LogP contribution in [-0.4, -0.2) is 33.7 Å². The molecule has 6 nitrogen and oxygen atoms in total. The predicted molar refractivity (Wildman–Crippen MR) is 134 cm³/mol. The van der Waals surface area contributed by atoms with Crippen molar-refractivity contribution in [1.82, 2.24) is 9.97 Å². The molecule has 1 amide bonds. The van der Waals surface area contributed by atoms with Crippen molar-refractivity contribution < 1.29 is 14.3 Å². The van der Waals surface area contributed by atoms with Gasteiger partial charge in [-0.05, 0) is 44.5 Å². The second kappa shape index (κ2) is 10.1. The molecule has 0 aliphatic heterocycles. The van der Waals surface area contributed by atoms with E-state index >= 15 is 0 Å². The Bertz CT molecular complexity index is 1300. The highest BCUT2D eigenvalue weighted by Crippen LogP contribution is 2.37. The molecule has 1 N–H and O–H groups in total. The van der Waals surface area contributed by atoms with E-state index in [1.54, 1.807) is 49.4 Å². The summed E-state index contributed by atoms with van der Waals surface area (Å²) < 4.78 is 5.22. The zero-order chi connectivity index (χ0) is 23.4. The zero-order valence-electron chi connectivity index (χ0n) is 18.5. The molecule has 0 radical (unpaired) electrons. The van der Waals surface area contributed by atoms with Crippen molar-refractivity contribution in [2.75, 3.05) is 11.1 Å². The van der Waals surface area contributed by atoms with Crippen LogP contribution in [0.4, 0.5) is 5.69 Å². The lowest BCUT2D eigenvalue weighted by atomic mass is 10.1. The third kappa shape index (κ3) is 5.58. The van der Waals surface area contributed by atoms with E-state index in [0.717, 1.165) is 26.4 Å². The second-order valence-corrected chi connectivity index (χ2v) is 9.57. The first-order chi connectivity index (χ1) is 15.9. The molecule has 0 aliphatic carbocycles. The fraction of sp³-hybridized carbons (Fsp3) is 0.200. The van der Waals surface area contributed by atoms with Gasteiger partial charge in [0.1, 0.15) is 16.2 Å². The van der Waals surface area contributed by atoms with Crippen LogP contribution in [0.15, 0.2) is 65.3 Å². The van der Waals surface area contributed by atoms with Gasteiger partial charge in [0.2, 0.25) is 5.91 Å². The molecule has 0 aliphatic rings. The van der Waals surface area contributed by atoms with Crippen LogP contribution >= 0.6 is 23.1 Å². The van der Waals surface area contributed by atoms with Crippen LogP contribution in [0.5, 0.6) is 0 Å². The number of nitrogens with one attached hydrogen (secondary N) is 1. The largest absolute Gasteiger partial charge is 0.459 e. The monoisotopic (exact) mass is 477 g/mol. The first-order valence-electron chi connectivity index (χ1n) is 10.4. The lowest BCUT2D eigenvalue weighted by Crippen LogP contribution is -2.15. The third-order valence-corrected chi connectivity index (χ3v) is 6.64. The highest BCUT2D eigenvalue weighted by atomic mass is 32.2. The molecule has 168 valence electrons. The molecule has 2 aromatic heterocycles. The molecule has 0 spiro atoms. The summed E-state index contributed by atoms with van der Waals surface area (Å²) in [6.45, 7) is 5.65. The molecule has 4 aromatic rings. The molecule has 0 bridgehead atoms. The molecule has 0 saturated carbocycles. The first kappa shape index (κ1) is 22.9. The standard InChI is InChI=1S/C25H23N3O3S2/c1-15(2)31-25(30)18-5-4-6-19(11-18)28-21(29)13-33-24-22-20(12-32-23(22)26-14-27-24)17-9-7-16(3)8-10-17/h4-12,14-15H,13H2,1-3H3,(H,28,29). The van der Waals surface area contributed by atoms with Crippen molar-refractivity contribution in [2.45, 2.75) is 31.9 Å². The number of hydrogen-bond donors (Lipinski definition) is 1. The molecule has 2 aromatic carbocycles. The van der Waals surface area contributed by atoms with Crippen molar-refractivity contribution in [2.24, 2.45) is 0 Å². The lowest BCUT2D eigenvalue weighted by Gasteiger charge is -2.10. The Morgan fingerprint density at radius 1 is 1.12 bits per heavy atom. The molecule has 4 rings (SSSR count). The SMILES string of the molecule is Cc1ccc(-c2csc3ncnc(SCC(=O)Nc4cccc(C(=O)OC(C)C)c4)c23)cc1. The number of carbonyl (C=O) groups is 2. The number of hydrogen-bond acceptors (Lipinski definition) is 7. The summed E-state index contributed by atoms with van der Waals surface area (Å²) in [5.41, 5.74) is 4.30. The molecule has 2 heterocycles. The number of esters is 1. The topological polar surface area (TPSA) is 81.2 Å². The summed E-state index contributed by atoms with van der Waals surface area (Å²) in [6, 6.07) is 15.1. The van der Waals surface area contributed by atoms with E-state index < -0.39 is 5.97 Å². The number of benzene rings is 2. The van der Waals surface area contributed by atoms with Gasteiger partial charge in [-0.25, -0.2) is 14.8 Å². The fourth-order valence-corrected chi connectivity index (χ4v) is 5.03. The Balaban J connectivity index is 1.48. The number of nitrogens with zero attached hydrogens (tertiary/aromatic N) is 2. The van der Waals surface area contributed by atoms with Gasteiger partial charge in [-0.3, -0.25) is 4.79 Å². The van der Waals surface area contributed by atoms with Gasteiger partial charge in [0.05, 0.1) is 22.8 Å². The smallest absolute Gasteiger partial charge is 0.338 e. The van der Waals surface area contributed by atoms with Crippen molar-refractivity contribution in [3.63, 3.8) is 0 Å². The summed E-state index contributed by atoms with van der Waals surface area (Å²) in [4.78, 5) is 34.5. The molecule has 8 heteroatoms. The average Bonchev–Trinajstić information content (AvgIpc) is 3.23. The normalized spacial score (nSPS) is 11.0. The molecule has 0 saturated heterocycles. The van der Waals surface area contributed by atoms with Gasteiger partial charge >= 0.3 is 5.97 Å². The molecule has 0 unspecified atom stereocenters. The molecule has 0 fully saturated rings. The van der Waals surface area contributed by atoms with Gasteiger partial charge in [0, 0.05) is 16.6 Å². The Kier molecular flexibility index (Phi) is 7.05. The number of carbonyl (C=O) groups excluding carboxylic acids is 2. The summed E-state index contributed by atoms with van der Waals surface area (Å²) in [5.74, 6) is -0.427. The van der Waals surface area contributed by atoms with Gasteiger partial charge < -0.3 is 10.1 Å². The number of thiophene rings is 1. The van der Waals surface area contributed by atoms with E-state index in [1.807, 2.05) is 0 Å². The van der Waals surface area contributed by atoms with Gasteiger partial charge in [0.25, 0.3) is 0 Å². The van der Waals surface area contributed by atoms with Crippen LogP contribution in [0, 0.1) is 6.92 Å². The van der Waals surface area contributed by atoms with Crippen molar-refractivity contribution in [1.29, 1.82) is 0 Å². The van der Waals surface area contributed by atoms with Crippen LogP contribution in [-0.2, 0) is 9.53 Å². The minimum absolute atomic E-state index is 0.177. The maximum Gasteiger partial charge on any atom is 0.338 e. The van der Waals surface area contributed by atoms with Gasteiger partial charge in [-0.2, -0.15) is 0 Å². The minimum atomic E-state index is -0.417. The number of anilines is 1. The maximum atomic E-state index is 12.6. The zero-order valence-corrected chi connectivity index (χ0v) is 20.1. The fourth-order valence-electron chi connectivity index (χ4n) is 3.24. The van der Waals surface area contributed by atoms with Crippen LogP contribution in [0.1, 0.15) is 29.8 Å². The van der Waals surface area contributed by atoms with Crippen LogP contribution in [0.25, 0.3) is 21.3 Å². The minimum Gasteiger partial charge on any atom is -0.459 e.